The molecule has 34 heavy (non-hydrogen) atoms. The Morgan fingerprint density at radius 2 is 1.24 bits per heavy atom. The van der Waals surface area contributed by atoms with E-state index in [1.807, 2.05) is 0 Å². The van der Waals surface area contributed by atoms with E-state index in [1.165, 1.54) is 6.92 Å². The molecule has 8 N–H and O–H groups in total. The van der Waals surface area contributed by atoms with E-state index in [9.17, 15) is 28.8 Å². The van der Waals surface area contributed by atoms with Crippen molar-refractivity contribution in [2.45, 2.75) is 78.0 Å². The third-order valence-corrected chi connectivity index (χ3v) is 5.49. The second-order valence-corrected chi connectivity index (χ2v) is 8.29. The van der Waals surface area contributed by atoms with Gasteiger partial charge in [-0.3, -0.25) is 28.8 Å². The standard InChI is InChI=1S/C21H37N5O8/c1-6-10(3)16(19(31)23-9-14(27)24-12(5)21(33)34)26-20(32)17(11(4)7-2)25-18(30)13(22)8-15(28)29/h10-13,16-17H,6-9,22H2,1-5H3,(H,23,31)(H,24,27)(H,25,30)(H,26,32)(H,28,29)(H,33,34)/t10-,11-,12-,13-,16-,17-/m0/s1. The Balaban J connectivity index is 5.37. The number of hydrogen-bond donors (Lipinski definition) is 7. The number of carboxylic acids is 2. The predicted molar refractivity (Wildman–Crippen MR) is 121 cm³/mol. The lowest BCUT2D eigenvalue weighted by Crippen LogP contribution is -2.59. The molecule has 0 saturated carbocycles. The van der Waals surface area contributed by atoms with Crippen LogP contribution in [0.5, 0.6) is 0 Å². The minimum absolute atomic E-state index is 0.340. The Morgan fingerprint density at radius 1 is 0.765 bits per heavy atom. The summed E-state index contributed by atoms with van der Waals surface area (Å²) >= 11 is 0. The van der Waals surface area contributed by atoms with Crippen LogP contribution in [-0.4, -0.2) is 76.5 Å². The second-order valence-electron chi connectivity index (χ2n) is 8.29. The van der Waals surface area contributed by atoms with Gasteiger partial charge in [-0.2, -0.15) is 0 Å². The van der Waals surface area contributed by atoms with Gasteiger partial charge in [-0.25, -0.2) is 0 Å². The fraction of sp³-hybridized carbons (Fsp3) is 0.714. The van der Waals surface area contributed by atoms with Gasteiger partial charge < -0.3 is 37.2 Å². The van der Waals surface area contributed by atoms with Crippen molar-refractivity contribution in [3.63, 3.8) is 0 Å². The molecule has 4 amide bonds. The first kappa shape index (κ1) is 30.8. The molecule has 13 heteroatoms. The number of carbonyl (C=O) groups excluding carboxylic acids is 4. The molecule has 0 aliphatic carbocycles. The number of carboxylic acid groups (broad SMARTS) is 2. The van der Waals surface area contributed by atoms with Gasteiger partial charge in [0.25, 0.3) is 0 Å². The fourth-order valence-corrected chi connectivity index (χ4v) is 2.82. The summed E-state index contributed by atoms with van der Waals surface area (Å²) in [6, 6.07) is -4.60. The number of nitrogens with one attached hydrogen (secondary N) is 4. The van der Waals surface area contributed by atoms with Crippen molar-refractivity contribution in [2.24, 2.45) is 17.6 Å². The quantitative estimate of drug-likeness (QED) is 0.144. The van der Waals surface area contributed by atoms with Crippen molar-refractivity contribution in [2.75, 3.05) is 6.54 Å². The van der Waals surface area contributed by atoms with Crippen molar-refractivity contribution in [1.82, 2.24) is 21.3 Å². The van der Waals surface area contributed by atoms with Crippen LogP contribution in [0.15, 0.2) is 0 Å². The summed E-state index contributed by atoms with van der Waals surface area (Å²) in [7, 11) is 0. The number of nitrogens with two attached hydrogens (primary N) is 1. The zero-order valence-corrected chi connectivity index (χ0v) is 20.2. The molecule has 0 fully saturated rings. The van der Waals surface area contributed by atoms with Crippen LogP contribution in [0.1, 0.15) is 53.9 Å². The normalized spacial score (nSPS) is 16.1. The summed E-state index contributed by atoms with van der Waals surface area (Å²) in [6.07, 6.45) is 0.389. The zero-order valence-electron chi connectivity index (χ0n) is 20.2. The van der Waals surface area contributed by atoms with Gasteiger partial charge in [-0.05, 0) is 18.8 Å². The molecule has 0 unspecified atom stereocenters. The van der Waals surface area contributed by atoms with Crippen molar-refractivity contribution < 1.29 is 39.0 Å². The number of rotatable bonds is 15. The lowest BCUT2D eigenvalue weighted by molar-refractivity contribution is -0.141. The molecule has 0 heterocycles. The van der Waals surface area contributed by atoms with Crippen LogP contribution >= 0.6 is 0 Å². The number of amides is 4. The monoisotopic (exact) mass is 487 g/mol. The van der Waals surface area contributed by atoms with E-state index >= 15 is 0 Å². The van der Waals surface area contributed by atoms with Crippen LogP contribution in [0.3, 0.4) is 0 Å². The molecule has 0 aliphatic rings. The van der Waals surface area contributed by atoms with E-state index in [-0.39, 0.29) is 11.8 Å². The van der Waals surface area contributed by atoms with E-state index in [4.69, 9.17) is 15.9 Å². The Labute approximate surface area is 198 Å². The van der Waals surface area contributed by atoms with Crippen LogP contribution in [0.2, 0.25) is 0 Å². The lowest BCUT2D eigenvalue weighted by Gasteiger charge is -2.29. The average molecular weight is 488 g/mol. The molecule has 0 spiro atoms. The Hall–Kier alpha value is -3.22. The molecular formula is C21H37N5O8. The first-order chi connectivity index (χ1) is 15.7. The summed E-state index contributed by atoms with van der Waals surface area (Å²) in [5.41, 5.74) is 5.59. The highest BCUT2D eigenvalue weighted by molar-refractivity contribution is 5.95. The molecular weight excluding hydrogens is 450 g/mol. The predicted octanol–water partition coefficient (Wildman–Crippen LogP) is -1.44. The third kappa shape index (κ3) is 10.6. The Morgan fingerprint density at radius 3 is 1.68 bits per heavy atom. The third-order valence-electron chi connectivity index (χ3n) is 5.49. The van der Waals surface area contributed by atoms with Crippen LogP contribution in [-0.2, 0) is 28.8 Å². The van der Waals surface area contributed by atoms with Gasteiger partial charge in [-0.1, -0.05) is 40.5 Å². The van der Waals surface area contributed by atoms with Crippen LogP contribution in [0, 0.1) is 11.8 Å². The Kier molecular flexibility index (Phi) is 13.4. The molecule has 0 aliphatic heterocycles. The smallest absolute Gasteiger partial charge is 0.325 e. The zero-order chi connectivity index (χ0) is 26.6. The van der Waals surface area contributed by atoms with Crippen LogP contribution < -0.4 is 27.0 Å². The maximum atomic E-state index is 13.0. The summed E-state index contributed by atoms with van der Waals surface area (Å²) in [5, 5.41) is 27.3. The van der Waals surface area contributed by atoms with E-state index in [2.05, 4.69) is 21.3 Å². The molecule has 0 aromatic rings. The molecule has 194 valence electrons. The van der Waals surface area contributed by atoms with Crippen molar-refractivity contribution >= 4 is 35.6 Å². The van der Waals surface area contributed by atoms with Gasteiger partial charge in [0.05, 0.1) is 19.0 Å². The SMILES string of the molecule is CC[C@H](C)[C@H](NC(=O)[C@@H](NC(=O)[C@@H](N)CC(=O)O)[C@@H](C)CC)C(=O)NCC(=O)N[C@@H](C)C(=O)O. The lowest BCUT2D eigenvalue weighted by atomic mass is 9.94. The van der Waals surface area contributed by atoms with Gasteiger partial charge >= 0.3 is 11.9 Å². The van der Waals surface area contributed by atoms with E-state index in [0.717, 1.165) is 0 Å². The molecule has 0 bridgehead atoms. The average Bonchev–Trinajstić information content (AvgIpc) is 2.77. The largest absolute Gasteiger partial charge is 0.481 e. The second kappa shape index (κ2) is 14.8. The van der Waals surface area contributed by atoms with Gasteiger partial charge in [-0.15, -0.1) is 0 Å². The topological polar surface area (TPSA) is 217 Å². The van der Waals surface area contributed by atoms with Crippen molar-refractivity contribution in [1.29, 1.82) is 0 Å². The number of carbonyl (C=O) groups is 6. The maximum absolute atomic E-state index is 13.0. The molecule has 13 nitrogen and oxygen atoms in total. The highest BCUT2D eigenvalue weighted by Gasteiger charge is 2.33. The van der Waals surface area contributed by atoms with Gasteiger partial charge in [0.1, 0.15) is 18.1 Å². The Bertz CT molecular complexity index is 759. The fourth-order valence-electron chi connectivity index (χ4n) is 2.82. The molecule has 0 aromatic carbocycles. The van der Waals surface area contributed by atoms with Gasteiger partial charge in [0, 0.05) is 0 Å². The first-order valence-corrected chi connectivity index (χ1v) is 11.1. The molecule has 0 saturated heterocycles. The molecule has 0 aromatic heterocycles. The molecule has 0 radical (unpaired) electrons. The summed E-state index contributed by atoms with van der Waals surface area (Å²) in [4.78, 5) is 71.5. The summed E-state index contributed by atoms with van der Waals surface area (Å²) in [6.45, 7) is 7.81. The summed E-state index contributed by atoms with van der Waals surface area (Å²) in [5.74, 6) is -6.02. The van der Waals surface area contributed by atoms with E-state index in [1.54, 1.807) is 27.7 Å². The molecule has 6 atom stereocenters. The number of hydrogen-bond acceptors (Lipinski definition) is 7. The van der Waals surface area contributed by atoms with Crippen molar-refractivity contribution in [3.8, 4) is 0 Å². The minimum Gasteiger partial charge on any atom is -0.481 e. The minimum atomic E-state index is -1.35. The maximum Gasteiger partial charge on any atom is 0.325 e. The van der Waals surface area contributed by atoms with Crippen LogP contribution in [0.25, 0.3) is 0 Å². The summed E-state index contributed by atoms with van der Waals surface area (Å²) < 4.78 is 0. The highest BCUT2D eigenvalue weighted by Crippen LogP contribution is 2.12. The molecule has 0 rings (SSSR count). The highest BCUT2D eigenvalue weighted by atomic mass is 16.4. The number of aliphatic carboxylic acids is 2. The van der Waals surface area contributed by atoms with Crippen molar-refractivity contribution in [3.05, 3.63) is 0 Å². The van der Waals surface area contributed by atoms with Crippen LogP contribution in [0.4, 0.5) is 0 Å². The van der Waals surface area contributed by atoms with E-state index in [0.29, 0.717) is 12.8 Å². The van der Waals surface area contributed by atoms with Gasteiger partial charge in [0.2, 0.25) is 23.6 Å². The van der Waals surface area contributed by atoms with E-state index < -0.39 is 72.7 Å². The van der Waals surface area contributed by atoms with Gasteiger partial charge in [0.15, 0.2) is 0 Å². The first-order valence-electron chi connectivity index (χ1n) is 11.1.